The Morgan fingerprint density at radius 1 is 1.64 bits per heavy atom. The van der Waals surface area contributed by atoms with Crippen LogP contribution in [0.5, 0.6) is 0 Å². The zero-order valence-corrected chi connectivity index (χ0v) is 9.01. The summed E-state index contributed by atoms with van der Waals surface area (Å²) in [6.07, 6.45) is 1.61. The van der Waals surface area contributed by atoms with E-state index < -0.39 is 12.0 Å². The predicted octanol–water partition coefficient (Wildman–Crippen LogP) is 1.57. The fraction of sp³-hybridized carbons (Fsp3) is 0.375. The van der Waals surface area contributed by atoms with Gasteiger partial charge in [0.25, 0.3) is 0 Å². The van der Waals surface area contributed by atoms with Crippen molar-refractivity contribution in [2.75, 3.05) is 5.75 Å². The van der Waals surface area contributed by atoms with Crippen LogP contribution < -0.4 is 5.73 Å². The fourth-order valence-electron chi connectivity index (χ4n) is 0.687. The number of carboxylic acid groups (broad SMARTS) is 1. The topological polar surface area (TPSA) is 76.5 Å². The van der Waals surface area contributed by atoms with Gasteiger partial charge in [-0.05, 0) is 12.1 Å². The third kappa shape index (κ3) is 4.08. The highest BCUT2D eigenvalue weighted by atomic mass is 33.1. The zero-order valence-electron chi connectivity index (χ0n) is 7.38. The van der Waals surface area contributed by atoms with Crippen LogP contribution in [-0.2, 0) is 10.5 Å². The molecule has 14 heavy (non-hydrogen) atoms. The van der Waals surface area contributed by atoms with Gasteiger partial charge in [0.2, 0.25) is 0 Å². The molecule has 6 heteroatoms. The van der Waals surface area contributed by atoms with Gasteiger partial charge in [-0.2, -0.15) is 0 Å². The Bertz CT molecular complexity index is 276. The molecule has 1 atom stereocenters. The van der Waals surface area contributed by atoms with Crippen LogP contribution in [0.25, 0.3) is 0 Å². The molecule has 0 aromatic carbocycles. The Balaban J connectivity index is 2.08. The SMILES string of the molecule is N[C@@H](CSSCc1ccco1)C(=O)O. The van der Waals surface area contributed by atoms with E-state index in [0.29, 0.717) is 5.75 Å². The monoisotopic (exact) mass is 233 g/mol. The average Bonchev–Trinajstić information content (AvgIpc) is 2.64. The summed E-state index contributed by atoms with van der Waals surface area (Å²) in [5.41, 5.74) is 5.32. The van der Waals surface area contributed by atoms with E-state index in [2.05, 4.69) is 0 Å². The number of carbonyl (C=O) groups is 1. The molecular weight excluding hydrogens is 222 g/mol. The minimum atomic E-state index is -0.962. The summed E-state index contributed by atoms with van der Waals surface area (Å²) in [6.45, 7) is 0. The Morgan fingerprint density at radius 2 is 2.43 bits per heavy atom. The van der Waals surface area contributed by atoms with E-state index in [1.165, 1.54) is 21.6 Å². The second kappa shape index (κ2) is 6.00. The Morgan fingerprint density at radius 3 is 3.00 bits per heavy atom. The molecule has 0 amide bonds. The lowest BCUT2D eigenvalue weighted by Crippen LogP contribution is -2.32. The van der Waals surface area contributed by atoms with E-state index in [-0.39, 0.29) is 0 Å². The second-order valence-corrected chi connectivity index (χ2v) is 5.08. The molecule has 4 nitrogen and oxygen atoms in total. The molecular formula is C8H11NO3S2. The third-order valence-corrected chi connectivity index (χ3v) is 3.76. The van der Waals surface area contributed by atoms with Crippen LogP contribution in [0.1, 0.15) is 5.76 Å². The van der Waals surface area contributed by atoms with Gasteiger partial charge in [-0.3, -0.25) is 4.79 Å². The lowest BCUT2D eigenvalue weighted by Gasteiger charge is -2.03. The van der Waals surface area contributed by atoms with Crippen LogP contribution >= 0.6 is 21.6 Å². The molecule has 0 saturated heterocycles. The zero-order chi connectivity index (χ0) is 10.4. The maximum atomic E-state index is 10.4. The fourth-order valence-corrected chi connectivity index (χ4v) is 2.76. The van der Waals surface area contributed by atoms with Crippen LogP contribution in [0.3, 0.4) is 0 Å². The standard InChI is InChI=1S/C8H11NO3S2/c9-7(8(10)11)5-14-13-4-6-2-1-3-12-6/h1-3,7H,4-5,9H2,(H,10,11)/t7-/m0/s1. The molecule has 3 N–H and O–H groups in total. The summed E-state index contributed by atoms with van der Waals surface area (Å²) in [4.78, 5) is 10.4. The van der Waals surface area contributed by atoms with E-state index >= 15 is 0 Å². The largest absolute Gasteiger partial charge is 0.480 e. The van der Waals surface area contributed by atoms with Crippen molar-refractivity contribution in [3.63, 3.8) is 0 Å². The minimum Gasteiger partial charge on any atom is -0.480 e. The van der Waals surface area contributed by atoms with E-state index in [1.807, 2.05) is 12.1 Å². The maximum Gasteiger partial charge on any atom is 0.321 e. The third-order valence-electron chi connectivity index (χ3n) is 1.43. The van der Waals surface area contributed by atoms with Gasteiger partial charge in [0, 0.05) is 5.75 Å². The average molecular weight is 233 g/mol. The number of furan rings is 1. The van der Waals surface area contributed by atoms with Gasteiger partial charge in [0.1, 0.15) is 11.8 Å². The summed E-state index contributed by atoms with van der Waals surface area (Å²) in [5, 5.41) is 8.50. The van der Waals surface area contributed by atoms with Crippen LogP contribution in [0.15, 0.2) is 22.8 Å². The van der Waals surface area contributed by atoms with Gasteiger partial charge < -0.3 is 15.3 Å². The van der Waals surface area contributed by atoms with Crippen LogP contribution in [0.2, 0.25) is 0 Å². The minimum absolute atomic E-state index is 0.403. The summed E-state index contributed by atoms with van der Waals surface area (Å²) < 4.78 is 5.11. The summed E-state index contributed by atoms with van der Waals surface area (Å²) in [6, 6.07) is 2.91. The van der Waals surface area contributed by atoms with Crippen molar-refractivity contribution in [1.29, 1.82) is 0 Å². The lowest BCUT2D eigenvalue weighted by molar-refractivity contribution is -0.137. The lowest BCUT2D eigenvalue weighted by atomic mass is 10.4. The molecule has 0 aliphatic rings. The smallest absolute Gasteiger partial charge is 0.321 e. The van der Waals surface area contributed by atoms with Gasteiger partial charge >= 0.3 is 5.97 Å². The molecule has 78 valence electrons. The van der Waals surface area contributed by atoms with Crippen molar-refractivity contribution < 1.29 is 14.3 Å². The first-order valence-corrected chi connectivity index (χ1v) is 6.44. The van der Waals surface area contributed by atoms with Gasteiger partial charge in [-0.15, -0.1) is 0 Å². The maximum absolute atomic E-state index is 10.4. The second-order valence-electron chi connectivity index (χ2n) is 2.57. The quantitative estimate of drug-likeness (QED) is 0.574. The molecule has 0 spiro atoms. The summed E-state index contributed by atoms with van der Waals surface area (Å²) in [7, 11) is 2.98. The van der Waals surface area contributed by atoms with Crippen molar-refractivity contribution >= 4 is 27.6 Å². The highest BCUT2D eigenvalue weighted by Gasteiger charge is 2.10. The van der Waals surface area contributed by atoms with E-state index in [4.69, 9.17) is 15.3 Å². The van der Waals surface area contributed by atoms with Crippen molar-refractivity contribution in [3.8, 4) is 0 Å². The Kier molecular flexibility index (Phi) is 4.92. The number of hydrogen-bond donors (Lipinski definition) is 2. The predicted molar refractivity (Wildman–Crippen MR) is 58.1 cm³/mol. The molecule has 0 radical (unpaired) electrons. The summed E-state index contributed by atoms with van der Waals surface area (Å²) >= 11 is 0. The van der Waals surface area contributed by atoms with Crippen molar-refractivity contribution in [2.45, 2.75) is 11.8 Å². The van der Waals surface area contributed by atoms with Crippen molar-refractivity contribution in [2.24, 2.45) is 5.73 Å². The number of hydrogen-bond acceptors (Lipinski definition) is 5. The van der Waals surface area contributed by atoms with E-state index in [9.17, 15) is 4.79 Å². The molecule has 0 bridgehead atoms. The van der Waals surface area contributed by atoms with Crippen LogP contribution in [-0.4, -0.2) is 22.9 Å². The highest BCUT2D eigenvalue weighted by molar-refractivity contribution is 8.76. The first kappa shape index (κ1) is 11.5. The molecule has 0 aliphatic carbocycles. The number of carboxylic acids is 1. The van der Waals surface area contributed by atoms with Gasteiger partial charge in [0.15, 0.2) is 0 Å². The van der Waals surface area contributed by atoms with Crippen molar-refractivity contribution in [3.05, 3.63) is 24.2 Å². The molecule has 0 fully saturated rings. The molecule has 0 unspecified atom stereocenters. The number of rotatable bonds is 6. The van der Waals surface area contributed by atoms with E-state index in [1.54, 1.807) is 6.26 Å². The first-order valence-electron chi connectivity index (χ1n) is 3.95. The molecule has 1 aromatic heterocycles. The molecule has 1 rings (SSSR count). The van der Waals surface area contributed by atoms with Gasteiger partial charge in [0.05, 0.1) is 12.0 Å². The summed E-state index contributed by atoms with van der Waals surface area (Å²) in [5.74, 6) is 1.05. The Hall–Kier alpha value is -0.590. The number of aliphatic carboxylic acids is 1. The Labute approximate surface area is 89.6 Å². The normalized spacial score (nSPS) is 12.6. The molecule has 0 aliphatic heterocycles. The van der Waals surface area contributed by atoms with Crippen LogP contribution in [0, 0.1) is 0 Å². The number of nitrogens with two attached hydrogens (primary N) is 1. The highest BCUT2D eigenvalue weighted by Crippen LogP contribution is 2.26. The molecule has 1 heterocycles. The van der Waals surface area contributed by atoms with E-state index in [0.717, 1.165) is 11.5 Å². The molecule has 1 aromatic rings. The molecule has 0 saturated carbocycles. The van der Waals surface area contributed by atoms with Gasteiger partial charge in [-0.1, -0.05) is 21.6 Å². The van der Waals surface area contributed by atoms with Crippen LogP contribution in [0.4, 0.5) is 0 Å². The van der Waals surface area contributed by atoms with Gasteiger partial charge in [-0.25, -0.2) is 0 Å². The first-order chi connectivity index (χ1) is 6.70. The van der Waals surface area contributed by atoms with Crippen molar-refractivity contribution in [1.82, 2.24) is 0 Å².